The molecule has 2 bridgehead atoms. The van der Waals surface area contributed by atoms with E-state index in [1.807, 2.05) is 55.6 Å². The van der Waals surface area contributed by atoms with Gasteiger partial charge in [-0.25, -0.2) is 13.6 Å². The Labute approximate surface area is 255 Å². The molecule has 0 radical (unpaired) electrons. The average Bonchev–Trinajstić information content (AvgIpc) is 3.45. The molecule has 2 aliphatic rings. The van der Waals surface area contributed by atoms with Crippen molar-refractivity contribution in [3.8, 4) is 28.3 Å². The molecular formula is C35H34F2N4O3. The molecule has 2 fully saturated rings. The highest BCUT2D eigenvalue weighted by Crippen LogP contribution is 2.40. The van der Waals surface area contributed by atoms with Gasteiger partial charge >= 0.3 is 6.09 Å². The average molecular weight is 597 g/mol. The Balaban J connectivity index is 1.35. The fraction of sp³-hybridized carbons (Fsp3) is 0.343. The van der Waals surface area contributed by atoms with E-state index in [4.69, 9.17) is 4.74 Å². The molecule has 3 atom stereocenters. The van der Waals surface area contributed by atoms with Gasteiger partial charge in [-0.15, -0.1) is 0 Å². The second kappa shape index (κ2) is 11.1. The Kier molecular flexibility index (Phi) is 7.40. The second-order valence-corrected chi connectivity index (χ2v) is 12.8. The number of nitriles is 1. The number of nitrogens with one attached hydrogen (secondary N) is 1. The first-order valence-electron chi connectivity index (χ1n) is 14.8. The molecule has 226 valence electrons. The quantitative estimate of drug-likeness (QED) is 0.267. The number of carbonyl (C=O) groups is 2. The van der Waals surface area contributed by atoms with Crippen LogP contribution in [0.5, 0.6) is 0 Å². The smallest absolute Gasteiger partial charge is 0.407 e. The summed E-state index contributed by atoms with van der Waals surface area (Å²) >= 11 is 0. The van der Waals surface area contributed by atoms with Gasteiger partial charge in [0, 0.05) is 47.9 Å². The fourth-order valence-electron chi connectivity index (χ4n) is 6.67. The van der Waals surface area contributed by atoms with Crippen molar-refractivity contribution in [2.24, 2.45) is 7.05 Å². The van der Waals surface area contributed by atoms with Crippen LogP contribution < -0.4 is 5.32 Å². The van der Waals surface area contributed by atoms with E-state index in [0.29, 0.717) is 40.7 Å². The van der Waals surface area contributed by atoms with E-state index in [0.717, 1.165) is 23.7 Å². The van der Waals surface area contributed by atoms with E-state index < -0.39 is 23.3 Å². The molecular weight excluding hydrogens is 562 g/mol. The monoisotopic (exact) mass is 596 g/mol. The lowest BCUT2D eigenvalue weighted by Crippen LogP contribution is -2.53. The Morgan fingerprint density at radius 3 is 2.32 bits per heavy atom. The van der Waals surface area contributed by atoms with Crippen LogP contribution in [0, 0.1) is 23.0 Å². The number of halogens is 2. The zero-order valence-corrected chi connectivity index (χ0v) is 25.2. The molecule has 0 spiro atoms. The van der Waals surface area contributed by atoms with Gasteiger partial charge in [-0.3, -0.25) is 4.79 Å². The van der Waals surface area contributed by atoms with E-state index >= 15 is 4.39 Å². The van der Waals surface area contributed by atoms with Gasteiger partial charge in [-0.1, -0.05) is 12.1 Å². The van der Waals surface area contributed by atoms with Crippen LogP contribution in [0.15, 0.2) is 60.8 Å². The fourth-order valence-corrected chi connectivity index (χ4v) is 6.67. The number of amides is 2. The minimum Gasteiger partial charge on any atom is -0.444 e. The van der Waals surface area contributed by atoms with Crippen molar-refractivity contribution in [2.45, 2.75) is 70.2 Å². The molecule has 0 aliphatic carbocycles. The highest BCUT2D eigenvalue weighted by molar-refractivity contribution is 5.99. The molecule has 3 aromatic carbocycles. The molecule has 6 rings (SSSR count). The van der Waals surface area contributed by atoms with Crippen molar-refractivity contribution in [1.82, 2.24) is 14.8 Å². The van der Waals surface area contributed by atoms with Crippen molar-refractivity contribution in [3.63, 3.8) is 0 Å². The van der Waals surface area contributed by atoms with Gasteiger partial charge in [0.25, 0.3) is 5.91 Å². The lowest BCUT2D eigenvalue weighted by Gasteiger charge is -2.39. The Morgan fingerprint density at radius 1 is 0.932 bits per heavy atom. The lowest BCUT2D eigenvalue weighted by molar-refractivity contribution is 0.0418. The lowest BCUT2D eigenvalue weighted by atomic mass is 9.90. The number of fused-ring (bicyclic) bond motifs is 3. The Morgan fingerprint density at radius 2 is 1.66 bits per heavy atom. The summed E-state index contributed by atoms with van der Waals surface area (Å²) in [5.41, 5.74) is 2.21. The van der Waals surface area contributed by atoms with Crippen molar-refractivity contribution in [2.75, 3.05) is 0 Å². The zero-order chi connectivity index (χ0) is 31.3. The summed E-state index contributed by atoms with van der Waals surface area (Å²) in [5.74, 6) is -1.29. The van der Waals surface area contributed by atoms with Crippen molar-refractivity contribution in [1.29, 1.82) is 5.26 Å². The highest BCUT2D eigenvalue weighted by Gasteiger charge is 2.44. The summed E-state index contributed by atoms with van der Waals surface area (Å²) in [4.78, 5) is 28.3. The number of aryl methyl sites for hydroxylation is 1. The van der Waals surface area contributed by atoms with Gasteiger partial charge in [0.1, 0.15) is 23.3 Å². The predicted molar refractivity (Wildman–Crippen MR) is 164 cm³/mol. The first-order valence-corrected chi connectivity index (χ1v) is 14.8. The SMILES string of the molecule is Cn1ccc2cc(-c3ccc(C(=O)N4[C@@H]5CC[C@H]4CC(NC(=O)OC(C)(C)C)C5)cc3-c3ccc(C#N)c(F)c3)c(F)cc21. The van der Waals surface area contributed by atoms with Crippen LogP contribution in [-0.2, 0) is 11.8 Å². The molecule has 2 aliphatic heterocycles. The number of alkyl carbamates (subject to hydrolysis) is 1. The highest BCUT2D eigenvalue weighted by atomic mass is 19.1. The van der Waals surface area contributed by atoms with Crippen LogP contribution in [0.3, 0.4) is 0 Å². The number of hydrogen-bond donors (Lipinski definition) is 1. The Bertz CT molecular complexity index is 1820. The number of benzene rings is 3. The number of ether oxygens (including phenoxy) is 1. The van der Waals surface area contributed by atoms with E-state index in [1.54, 1.807) is 30.3 Å². The van der Waals surface area contributed by atoms with Crippen LogP contribution in [0.4, 0.5) is 13.6 Å². The summed E-state index contributed by atoms with van der Waals surface area (Å²) in [6, 6.07) is 16.1. The van der Waals surface area contributed by atoms with Crippen molar-refractivity contribution in [3.05, 3.63) is 83.6 Å². The van der Waals surface area contributed by atoms with Crippen LogP contribution in [0.1, 0.15) is 62.4 Å². The van der Waals surface area contributed by atoms with Crippen molar-refractivity contribution >= 4 is 22.9 Å². The summed E-state index contributed by atoms with van der Waals surface area (Å²) in [6.45, 7) is 5.45. The molecule has 1 N–H and O–H groups in total. The van der Waals surface area contributed by atoms with Gasteiger partial charge in [-0.05, 0) is 106 Å². The van der Waals surface area contributed by atoms with Gasteiger partial charge in [0.05, 0.1) is 11.1 Å². The molecule has 3 heterocycles. The first kappa shape index (κ1) is 29.4. The molecule has 4 aromatic rings. The number of aromatic nitrogens is 1. The standard InChI is InChI=1S/C35H34F2N4O3/c1-35(2,3)44-34(43)39-24-16-25-8-9-26(17-24)41(25)33(42)22-7-10-27(28(14-22)20-5-6-23(19-38)30(36)15-20)29-13-21-11-12-40(4)32(21)18-31(29)37/h5-7,10-15,18,24-26H,8-9,16-17H2,1-4H3,(H,39,43)/t24?,25-,26+. The van der Waals surface area contributed by atoms with E-state index in [1.165, 1.54) is 18.2 Å². The summed E-state index contributed by atoms with van der Waals surface area (Å²) in [7, 11) is 1.84. The third kappa shape index (κ3) is 5.52. The topological polar surface area (TPSA) is 87.4 Å². The zero-order valence-electron chi connectivity index (χ0n) is 25.2. The summed E-state index contributed by atoms with van der Waals surface area (Å²) < 4.78 is 37.7. The third-order valence-corrected chi connectivity index (χ3v) is 8.62. The van der Waals surface area contributed by atoms with E-state index in [2.05, 4.69) is 5.32 Å². The van der Waals surface area contributed by atoms with Crippen LogP contribution >= 0.6 is 0 Å². The van der Waals surface area contributed by atoms with Gasteiger partial charge in [0.2, 0.25) is 0 Å². The molecule has 44 heavy (non-hydrogen) atoms. The second-order valence-electron chi connectivity index (χ2n) is 12.8. The molecule has 9 heteroatoms. The van der Waals surface area contributed by atoms with Crippen LogP contribution in [-0.4, -0.2) is 45.2 Å². The van der Waals surface area contributed by atoms with Gasteiger partial charge in [0.15, 0.2) is 0 Å². The number of rotatable bonds is 4. The molecule has 2 amide bonds. The predicted octanol–water partition coefficient (Wildman–Crippen LogP) is 7.32. The molecule has 7 nitrogen and oxygen atoms in total. The normalized spacial score (nSPS) is 19.6. The molecule has 0 saturated carbocycles. The first-order chi connectivity index (χ1) is 20.9. The minimum absolute atomic E-state index is 0.0467. The number of carbonyl (C=O) groups excluding carboxylic acids is 2. The Hall–Kier alpha value is -4.71. The maximum Gasteiger partial charge on any atom is 0.407 e. The molecule has 1 unspecified atom stereocenters. The largest absolute Gasteiger partial charge is 0.444 e. The molecule has 2 saturated heterocycles. The van der Waals surface area contributed by atoms with E-state index in [9.17, 15) is 19.2 Å². The van der Waals surface area contributed by atoms with Crippen molar-refractivity contribution < 1.29 is 23.1 Å². The van der Waals surface area contributed by atoms with Crippen LogP contribution in [0.2, 0.25) is 0 Å². The molecule has 1 aromatic heterocycles. The van der Waals surface area contributed by atoms with Gasteiger partial charge in [-0.2, -0.15) is 5.26 Å². The minimum atomic E-state index is -0.690. The third-order valence-electron chi connectivity index (χ3n) is 8.62. The number of hydrogen-bond acceptors (Lipinski definition) is 4. The maximum absolute atomic E-state index is 15.6. The summed E-state index contributed by atoms with van der Waals surface area (Å²) in [6.07, 6.45) is 4.30. The maximum atomic E-state index is 15.6. The summed E-state index contributed by atoms with van der Waals surface area (Å²) in [5, 5.41) is 13.1. The van der Waals surface area contributed by atoms with Crippen LogP contribution in [0.25, 0.3) is 33.2 Å². The van der Waals surface area contributed by atoms with Gasteiger partial charge < -0.3 is 19.5 Å². The number of piperidine rings is 1. The number of nitrogens with zero attached hydrogens (tertiary/aromatic N) is 3. The van der Waals surface area contributed by atoms with E-state index in [-0.39, 0.29) is 29.6 Å².